The highest BCUT2D eigenvalue weighted by molar-refractivity contribution is 5.94. The van der Waals surface area contributed by atoms with Gasteiger partial charge in [-0.1, -0.05) is 0 Å². The number of aliphatic imine (C=N–C) groups is 2. The predicted octanol–water partition coefficient (Wildman–Crippen LogP) is -4.53. The summed E-state index contributed by atoms with van der Waals surface area (Å²) in [6.45, 7) is 2.05. The molecule has 0 aliphatic heterocycles. The number of nitrogens with zero attached hydrogens (tertiary/aromatic N) is 2. The molecule has 0 radical (unpaired) electrons. The second-order valence-corrected chi connectivity index (χ2v) is 8.98. The molecule has 39 heavy (non-hydrogen) atoms. The Morgan fingerprint density at radius 2 is 1.26 bits per heavy atom. The first-order chi connectivity index (χ1) is 18.3. The average molecular weight is 560 g/mol. The molecule has 5 unspecified atom stereocenters. The second kappa shape index (κ2) is 19.4. The van der Waals surface area contributed by atoms with Crippen molar-refractivity contribution in [3.05, 3.63) is 0 Å². The molecule has 0 aromatic carbocycles. The Labute approximate surface area is 227 Å². The minimum Gasteiger partial charge on any atom is -0.480 e. The van der Waals surface area contributed by atoms with Gasteiger partial charge in [0, 0.05) is 13.1 Å². The number of rotatable bonds is 20. The van der Waals surface area contributed by atoms with Crippen LogP contribution in [0.15, 0.2) is 9.98 Å². The number of unbranched alkanes of at least 4 members (excludes halogenated alkanes) is 1. The SMILES string of the molecule is CC(O)C(NC(=O)C(CCCCN)NC(=O)C(N)CCCN=C(N)N)C(=O)NC(CCCN=C(N)N)C(=O)O. The normalized spacial score (nSPS) is 14.6. The van der Waals surface area contributed by atoms with Crippen molar-refractivity contribution in [2.24, 2.45) is 44.4 Å². The van der Waals surface area contributed by atoms with Gasteiger partial charge < -0.3 is 60.6 Å². The molecule has 17 heteroatoms. The first-order valence-corrected chi connectivity index (χ1v) is 12.7. The largest absolute Gasteiger partial charge is 0.480 e. The van der Waals surface area contributed by atoms with Crippen LogP contribution >= 0.6 is 0 Å². The molecule has 0 fully saturated rings. The van der Waals surface area contributed by atoms with Gasteiger partial charge in [-0.3, -0.25) is 24.4 Å². The second-order valence-electron chi connectivity index (χ2n) is 8.98. The van der Waals surface area contributed by atoms with Gasteiger partial charge in [0.15, 0.2) is 11.9 Å². The lowest BCUT2D eigenvalue weighted by molar-refractivity contribution is -0.143. The number of carbonyl (C=O) groups is 4. The Bertz CT molecular complexity index is 844. The van der Waals surface area contributed by atoms with Crippen LogP contribution in [0.4, 0.5) is 0 Å². The quantitative estimate of drug-likeness (QED) is 0.0381. The standard InChI is InChI=1S/C22H45N11O6/c1-12(34)16(19(37)32-15(20(38)39)8-5-11-30-22(27)28)33-18(36)14(7-2-3-9-23)31-17(35)13(24)6-4-10-29-21(25)26/h12-16,34H,2-11,23-24H2,1H3,(H,31,35)(H,32,37)(H,33,36)(H,38,39)(H4,25,26,29)(H4,27,28,30). The highest BCUT2D eigenvalue weighted by Crippen LogP contribution is 2.06. The molecule has 17 N–H and O–H groups in total. The van der Waals surface area contributed by atoms with Gasteiger partial charge >= 0.3 is 5.97 Å². The Morgan fingerprint density at radius 3 is 1.74 bits per heavy atom. The van der Waals surface area contributed by atoms with Crippen LogP contribution in [-0.2, 0) is 19.2 Å². The van der Waals surface area contributed by atoms with Gasteiger partial charge in [-0.2, -0.15) is 0 Å². The first kappa shape index (κ1) is 35.3. The molecule has 0 bridgehead atoms. The van der Waals surface area contributed by atoms with Gasteiger partial charge in [0.2, 0.25) is 17.7 Å². The zero-order valence-corrected chi connectivity index (χ0v) is 22.3. The number of aliphatic hydroxyl groups excluding tert-OH is 1. The van der Waals surface area contributed by atoms with E-state index in [4.69, 9.17) is 34.4 Å². The molecular weight excluding hydrogens is 514 g/mol. The molecule has 17 nitrogen and oxygen atoms in total. The lowest BCUT2D eigenvalue weighted by atomic mass is 10.0. The number of guanidine groups is 2. The molecule has 3 amide bonds. The van der Waals surface area contributed by atoms with E-state index in [1.807, 2.05) is 0 Å². The maximum atomic E-state index is 13.1. The third-order valence-corrected chi connectivity index (χ3v) is 5.51. The minimum atomic E-state index is -1.50. The molecule has 0 aromatic rings. The Morgan fingerprint density at radius 1 is 0.744 bits per heavy atom. The number of amides is 3. The summed E-state index contributed by atoms with van der Waals surface area (Å²) in [7, 11) is 0. The third-order valence-electron chi connectivity index (χ3n) is 5.51. The van der Waals surface area contributed by atoms with E-state index in [1.54, 1.807) is 0 Å². The van der Waals surface area contributed by atoms with Gasteiger partial charge in [0.05, 0.1) is 12.1 Å². The van der Waals surface area contributed by atoms with Crippen LogP contribution in [0.5, 0.6) is 0 Å². The van der Waals surface area contributed by atoms with E-state index in [2.05, 4.69) is 25.9 Å². The molecule has 0 rings (SSSR count). The topological polar surface area (TPSA) is 326 Å². The summed E-state index contributed by atoms with van der Waals surface area (Å²) in [4.78, 5) is 57.7. The smallest absolute Gasteiger partial charge is 0.326 e. The van der Waals surface area contributed by atoms with Gasteiger partial charge in [-0.25, -0.2) is 4.79 Å². The van der Waals surface area contributed by atoms with Gasteiger partial charge in [0.25, 0.3) is 0 Å². The summed E-state index contributed by atoms with van der Waals surface area (Å²) >= 11 is 0. The summed E-state index contributed by atoms with van der Waals surface area (Å²) < 4.78 is 0. The van der Waals surface area contributed by atoms with Crippen LogP contribution < -0.4 is 50.4 Å². The van der Waals surface area contributed by atoms with Crippen molar-refractivity contribution in [2.45, 2.75) is 82.1 Å². The first-order valence-electron chi connectivity index (χ1n) is 12.7. The van der Waals surface area contributed by atoms with Crippen molar-refractivity contribution < 1.29 is 29.4 Å². The lowest BCUT2D eigenvalue weighted by Gasteiger charge is -2.26. The van der Waals surface area contributed by atoms with E-state index in [0.29, 0.717) is 25.8 Å². The summed E-state index contributed by atoms with van der Waals surface area (Å²) in [5.74, 6) is -3.82. The van der Waals surface area contributed by atoms with E-state index < -0.39 is 54.0 Å². The van der Waals surface area contributed by atoms with Crippen molar-refractivity contribution in [1.29, 1.82) is 0 Å². The number of aliphatic hydroxyl groups is 1. The van der Waals surface area contributed by atoms with Crippen LogP contribution in [-0.4, -0.2) is 95.7 Å². The minimum absolute atomic E-state index is 0.00280. The summed E-state index contributed by atoms with van der Waals surface area (Å²) in [5, 5.41) is 26.9. The third kappa shape index (κ3) is 16.0. The van der Waals surface area contributed by atoms with E-state index in [1.165, 1.54) is 6.92 Å². The molecule has 0 saturated heterocycles. The highest BCUT2D eigenvalue weighted by atomic mass is 16.4. The Kier molecular flexibility index (Phi) is 17.5. The maximum absolute atomic E-state index is 13.1. The lowest BCUT2D eigenvalue weighted by Crippen LogP contribution is -2.59. The number of carboxylic acid groups (broad SMARTS) is 1. The number of aliphatic carboxylic acids is 1. The van der Waals surface area contributed by atoms with Gasteiger partial charge in [-0.15, -0.1) is 0 Å². The molecule has 0 aliphatic carbocycles. The highest BCUT2D eigenvalue weighted by Gasteiger charge is 2.32. The number of hydrogen-bond donors (Lipinski definition) is 11. The molecule has 0 saturated carbocycles. The van der Waals surface area contributed by atoms with Gasteiger partial charge in [0.1, 0.15) is 18.1 Å². The fourth-order valence-corrected chi connectivity index (χ4v) is 3.37. The molecule has 224 valence electrons. The van der Waals surface area contributed by atoms with E-state index in [0.717, 1.165) is 0 Å². The van der Waals surface area contributed by atoms with Crippen molar-refractivity contribution >= 4 is 35.6 Å². The summed E-state index contributed by atoms with van der Waals surface area (Å²) in [6, 6.07) is -4.85. The Balaban J connectivity index is 5.35. The number of hydrogen-bond acceptors (Lipinski definition) is 9. The number of nitrogens with one attached hydrogen (secondary N) is 3. The van der Waals surface area contributed by atoms with Crippen molar-refractivity contribution in [2.75, 3.05) is 19.6 Å². The van der Waals surface area contributed by atoms with Gasteiger partial charge in [-0.05, 0) is 58.4 Å². The molecule has 0 heterocycles. The van der Waals surface area contributed by atoms with Crippen molar-refractivity contribution in [1.82, 2.24) is 16.0 Å². The van der Waals surface area contributed by atoms with Crippen molar-refractivity contribution in [3.8, 4) is 0 Å². The monoisotopic (exact) mass is 559 g/mol. The number of carboxylic acids is 1. The van der Waals surface area contributed by atoms with E-state index >= 15 is 0 Å². The molecule has 0 spiro atoms. The fourth-order valence-electron chi connectivity index (χ4n) is 3.37. The molecule has 5 atom stereocenters. The number of nitrogens with two attached hydrogens (primary N) is 6. The van der Waals surface area contributed by atoms with Crippen LogP contribution in [0, 0.1) is 0 Å². The van der Waals surface area contributed by atoms with Crippen molar-refractivity contribution in [3.63, 3.8) is 0 Å². The molecule has 0 aliphatic rings. The zero-order valence-electron chi connectivity index (χ0n) is 22.3. The zero-order chi connectivity index (χ0) is 30.0. The van der Waals surface area contributed by atoms with E-state index in [-0.39, 0.29) is 50.7 Å². The van der Waals surface area contributed by atoms with Crippen LogP contribution in [0.1, 0.15) is 51.9 Å². The van der Waals surface area contributed by atoms with E-state index in [9.17, 15) is 29.4 Å². The predicted molar refractivity (Wildman–Crippen MR) is 146 cm³/mol. The Hall–Kier alpha value is -3.70. The van der Waals surface area contributed by atoms with Crippen LogP contribution in [0.25, 0.3) is 0 Å². The summed E-state index contributed by atoms with van der Waals surface area (Å²) in [5.41, 5.74) is 32.5. The maximum Gasteiger partial charge on any atom is 0.326 e. The summed E-state index contributed by atoms with van der Waals surface area (Å²) in [6.07, 6.45) is 0.784. The average Bonchev–Trinajstić information content (AvgIpc) is 2.85. The molecular formula is C22H45N11O6. The van der Waals surface area contributed by atoms with Crippen LogP contribution in [0.3, 0.4) is 0 Å². The van der Waals surface area contributed by atoms with Crippen LogP contribution in [0.2, 0.25) is 0 Å². The number of carbonyl (C=O) groups excluding carboxylic acids is 3. The fraction of sp³-hybridized carbons (Fsp3) is 0.727. The molecule has 0 aromatic heterocycles.